The maximum atomic E-state index is 12.1. The first-order valence-corrected chi connectivity index (χ1v) is 5.90. The summed E-state index contributed by atoms with van der Waals surface area (Å²) < 4.78 is 0.671. The predicted molar refractivity (Wildman–Crippen MR) is 68.3 cm³/mol. The number of carbonyl (C=O) groups is 1. The third-order valence-corrected chi connectivity index (χ3v) is 2.51. The quantitative estimate of drug-likeness (QED) is 0.629. The number of nitrogens with zero attached hydrogens (tertiary/aromatic N) is 2. The van der Waals surface area contributed by atoms with Gasteiger partial charge in [-0.2, -0.15) is 0 Å². The van der Waals surface area contributed by atoms with Crippen molar-refractivity contribution >= 4 is 21.8 Å². The molecule has 86 valence electrons. The van der Waals surface area contributed by atoms with Gasteiger partial charge in [0.2, 0.25) is 0 Å². The highest BCUT2D eigenvalue weighted by Crippen LogP contribution is 2.09. The minimum atomic E-state index is -0.0631. The van der Waals surface area contributed by atoms with Crippen molar-refractivity contribution in [2.75, 3.05) is 13.1 Å². The molecular weight excluding hydrogens is 268 g/mol. The van der Waals surface area contributed by atoms with Crippen LogP contribution in [0.4, 0.5) is 0 Å². The molecule has 4 heteroatoms. The summed E-state index contributed by atoms with van der Waals surface area (Å²) >= 11 is 3.25. The van der Waals surface area contributed by atoms with Gasteiger partial charge in [-0.1, -0.05) is 18.2 Å². The largest absolute Gasteiger partial charge is 0.334 e. The molecule has 0 aliphatic carbocycles. The van der Waals surface area contributed by atoms with Crippen molar-refractivity contribution in [1.82, 2.24) is 9.88 Å². The number of hydrogen-bond donors (Lipinski definition) is 0. The normalized spacial score (nSPS) is 9.94. The summed E-state index contributed by atoms with van der Waals surface area (Å²) in [7, 11) is 0. The zero-order chi connectivity index (χ0) is 12.1. The van der Waals surface area contributed by atoms with Crippen LogP contribution in [0.1, 0.15) is 24.3 Å². The van der Waals surface area contributed by atoms with E-state index >= 15 is 0 Å². The second-order valence-corrected chi connectivity index (χ2v) is 4.43. The van der Waals surface area contributed by atoms with E-state index in [2.05, 4.69) is 27.5 Å². The van der Waals surface area contributed by atoms with Crippen LogP contribution in [0.25, 0.3) is 0 Å². The molecule has 0 aliphatic rings. The van der Waals surface area contributed by atoms with Crippen molar-refractivity contribution in [2.24, 2.45) is 0 Å². The minimum absolute atomic E-state index is 0.0631. The third-order valence-electron chi connectivity index (χ3n) is 2.06. The molecule has 0 saturated carbocycles. The number of likely N-dealkylation sites (N-methyl/N-ethyl adjacent to an activating group) is 1. The minimum Gasteiger partial charge on any atom is -0.334 e. The lowest BCUT2D eigenvalue weighted by molar-refractivity contribution is 0.0772. The van der Waals surface area contributed by atoms with E-state index < -0.39 is 0 Å². The van der Waals surface area contributed by atoms with Crippen molar-refractivity contribution < 1.29 is 4.79 Å². The molecule has 1 aromatic heterocycles. The van der Waals surface area contributed by atoms with Crippen LogP contribution in [-0.4, -0.2) is 28.9 Å². The van der Waals surface area contributed by atoms with E-state index in [-0.39, 0.29) is 5.91 Å². The molecule has 1 aromatic rings. The fraction of sp³-hybridized carbons (Fsp3) is 0.333. The average molecular weight is 283 g/mol. The Kier molecular flexibility index (Phi) is 4.68. The first-order chi connectivity index (χ1) is 7.54. The molecule has 0 aromatic carbocycles. The molecule has 0 saturated heterocycles. The molecule has 1 heterocycles. The van der Waals surface area contributed by atoms with Crippen molar-refractivity contribution in [2.45, 2.75) is 13.8 Å². The molecule has 0 N–H and O–H groups in total. The molecule has 0 atom stereocenters. The highest BCUT2D eigenvalue weighted by molar-refractivity contribution is 9.10. The molecule has 0 radical (unpaired) electrons. The molecule has 0 unspecified atom stereocenters. The average Bonchev–Trinajstić information content (AvgIpc) is 2.24. The van der Waals surface area contributed by atoms with E-state index in [1.807, 2.05) is 13.8 Å². The van der Waals surface area contributed by atoms with Gasteiger partial charge in [0.15, 0.2) is 0 Å². The number of carbonyl (C=O) groups excluding carboxylic acids is 1. The van der Waals surface area contributed by atoms with Crippen LogP contribution in [0, 0.1) is 0 Å². The van der Waals surface area contributed by atoms with E-state index in [9.17, 15) is 4.79 Å². The predicted octanol–water partition coefficient (Wildman–Crippen LogP) is 2.88. The summed E-state index contributed by atoms with van der Waals surface area (Å²) in [6.45, 7) is 8.89. The number of amides is 1. The molecule has 3 nitrogen and oxygen atoms in total. The second kappa shape index (κ2) is 5.80. The van der Waals surface area contributed by atoms with Crippen LogP contribution in [0.2, 0.25) is 0 Å². The van der Waals surface area contributed by atoms with Gasteiger partial charge in [0.1, 0.15) is 10.3 Å². The smallest absolute Gasteiger partial charge is 0.272 e. The lowest BCUT2D eigenvalue weighted by Gasteiger charge is -2.20. The molecule has 1 rings (SSSR count). The molecule has 0 spiro atoms. The van der Waals surface area contributed by atoms with Gasteiger partial charge in [0.05, 0.1) is 0 Å². The molecule has 16 heavy (non-hydrogen) atoms. The third kappa shape index (κ3) is 3.45. The molecule has 0 bridgehead atoms. The van der Waals surface area contributed by atoms with Crippen molar-refractivity contribution in [1.29, 1.82) is 0 Å². The van der Waals surface area contributed by atoms with Crippen LogP contribution in [0.3, 0.4) is 0 Å². The second-order valence-electron chi connectivity index (χ2n) is 3.62. The highest BCUT2D eigenvalue weighted by Gasteiger charge is 2.15. The summed E-state index contributed by atoms with van der Waals surface area (Å²) in [5.74, 6) is -0.0631. The van der Waals surface area contributed by atoms with Gasteiger partial charge >= 0.3 is 0 Å². The fourth-order valence-corrected chi connectivity index (χ4v) is 1.69. The number of aromatic nitrogens is 1. The Morgan fingerprint density at radius 1 is 1.56 bits per heavy atom. The van der Waals surface area contributed by atoms with Gasteiger partial charge in [-0.25, -0.2) is 4.98 Å². The summed E-state index contributed by atoms with van der Waals surface area (Å²) in [5, 5.41) is 0. The number of rotatable bonds is 4. The first-order valence-electron chi connectivity index (χ1n) is 5.10. The number of halogens is 1. The molecule has 1 amide bonds. The Labute approximate surface area is 104 Å². The van der Waals surface area contributed by atoms with Crippen molar-refractivity contribution in [3.05, 3.63) is 40.6 Å². The maximum absolute atomic E-state index is 12.1. The topological polar surface area (TPSA) is 33.2 Å². The number of pyridine rings is 1. The van der Waals surface area contributed by atoms with E-state index in [4.69, 9.17) is 0 Å². The first kappa shape index (κ1) is 12.9. The maximum Gasteiger partial charge on any atom is 0.272 e. The Hall–Kier alpha value is -1.16. The summed E-state index contributed by atoms with van der Waals surface area (Å²) in [6, 6.07) is 5.32. The van der Waals surface area contributed by atoms with Crippen molar-refractivity contribution in [3.8, 4) is 0 Å². The molecular formula is C12H15BrN2O. The lowest BCUT2D eigenvalue weighted by atomic mass is 10.2. The molecule has 0 aliphatic heterocycles. The summed E-state index contributed by atoms with van der Waals surface area (Å²) in [5.41, 5.74) is 1.42. The zero-order valence-electron chi connectivity index (χ0n) is 9.53. The summed E-state index contributed by atoms with van der Waals surface area (Å²) in [6.07, 6.45) is 0. The van der Waals surface area contributed by atoms with Crippen LogP contribution >= 0.6 is 15.9 Å². The lowest BCUT2D eigenvalue weighted by Crippen LogP contribution is -2.32. The molecule has 0 fully saturated rings. The van der Waals surface area contributed by atoms with Gasteiger partial charge in [-0.3, -0.25) is 4.79 Å². The van der Waals surface area contributed by atoms with Crippen LogP contribution in [-0.2, 0) is 0 Å². The Bertz CT molecular complexity index is 404. The van der Waals surface area contributed by atoms with Gasteiger partial charge in [0, 0.05) is 13.1 Å². The van der Waals surface area contributed by atoms with Gasteiger partial charge in [-0.15, -0.1) is 0 Å². The fourth-order valence-electron chi connectivity index (χ4n) is 1.34. The SMILES string of the molecule is C=C(C)CN(CC)C(=O)c1cccc(Br)n1. The summed E-state index contributed by atoms with van der Waals surface area (Å²) in [4.78, 5) is 17.9. The standard InChI is InChI=1S/C12H15BrN2O/c1-4-15(8-9(2)3)12(16)10-6-5-7-11(13)14-10/h5-7H,2,4,8H2,1,3H3. The van der Waals surface area contributed by atoms with E-state index in [1.54, 1.807) is 23.1 Å². The Balaban J connectivity index is 2.86. The van der Waals surface area contributed by atoms with Crippen LogP contribution in [0.5, 0.6) is 0 Å². The van der Waals surface area contributed by atoms with E-state index in [0.29, 0.717) is 23.4 Å². The zero-order valence-corrected chi connectivity index (χ0v) is 11.1. The van der Waals surface area contributed by atoms with Crippen molar-refractivity contribution in [3.63, 3.8) is 0 Å². The van der Waals surface area contributed by atoms with E-state index in [0.717, 1.165) is 5.57 Å². The number of hydrogen-bond acceptors (Lipinski definition) is 2. The highest BCUT2D eigenvalue weighted by atomic mass is 79.9. The monoisotopic (exact) mass is 282 g/mol. The van der Waals surface area contributed by atoms with Gasteiger partial charge in [0.25, 0.3) is 5.91 Å². The van der Waals surface area contributed by atoms with Crippen LogP contribution in [0.15, 0.2) is 35.0 Å². The van der Waals surface area contributed by atoms with Crippen LogP contribution < -0.4 is 0 Å². The Morgan fingerprint density at radius 2 is 2.25 bits per heavy atom. The van der Waals surface area contributed by atoms with Gasteiger partial charge in [-0.05, 0) is 41.9 Å². The van der Waals surface area contributed by atoms with Gasteiger partial charge < -0.3 is 4.90 Å². The Morgan fingerprint density at radius 3 is 2.75 bits per heavy atom. The van der Waals surface area contributed by atoms with E-state index in [1.165, 1.54) is 0 Å².